The molecular formula is C15H15ClN2OS. The van der Waals surface area contributed by atoms with Gasteiger partial charge in [-0.1, -0.05) is 23.7 Å². The molecular weight excluding hydrogens is 292 g/mol. The van der Waals surface area contributed by atoms with Gasteiger partial charge in [0.1, 0.15) is 11.8 Å². The molecule has 0 saturated heterocycles. The van der Waals surface area contributed by atoms with Crippen LogP contribution in [0.1, 0.15) is 23.4 Å². The van der Waals surface area contributed by atoms with Crippen LogP contribution in [0.4, 0.5) is 0 Å². The van der Waals surface area contributed by atoms with Crippen molar-refractivity contribution in [2.24, 2.45) is 0 Å². The van der Waals surface area contributed by atoms with Gasteiger partial charge in [0, 0.05) is 17.5 Å². The number of nitrogens with one attached hydrogen (secondary N) is 1. The maximum Gasteiger partial charge on any atom is 0.174 e. The van der Waals surface area contributed by atoms with Crippen LogP contribution in [0.5, 0.6) is 5.75 Å². The zero-order valence-corrected chi connectivity index (χ0v) is 12.7. The first kappa shape index (κ1) is 14.9. The topological polar surface area (TPSA) is 45.0 Å². The zero-order chi connectivity index (χ0) is 14.4. The van der Waals surface area contributed by atoms with E-state index in [0.717, 1.165) is 10.9 Å². The fourth-order valence-electron chi connectivity index (χ4n) is 1.79. The number of thiophene rings is 1. The highest BCUT2D eigenvalue weighted by molar-refractivity contribution is 7.16. The van der Waals surface area contributed by atoms with Crippen molar-refractivity contribution in [1.82, 2.24) is 5.32 Å². The van der Waals surface area contributed by atoms with Gasteiger partial charge < -0.3 is 10.1 Å². The third kappa shape index (κ3) is 4.24. The van der Waals surface area contributed by atoms with Crippen LogP contribution in [0, 0.1) is 11.3 Å². The molecule has 104 valence electrons. The van der Waals surface area contributed by atoms with Crippen LogP contribution in [0.2, 0.25) is 4.34 Å². The van der Waals surface area contributed by atoms with E-state index >= 15 is 0 Å². The average molecular weight is 307 g/mol. The summed E-state index contributed by atoms with van der Waals surface area (Å²) in [4.78, 5) is 1.22. The number of nitrogens with zero attached hydrogens (tertiary/aromatic N) is 1. The SMILES string of the molecule is CC(NCc1ccc(Cl)s1)c1ccc(OCC#N)cc1. The minimum absolute atomic E-state index is 0.0757. The van der Waals surface area contributed by atoms with Gasteiger partial charge in [-0.2, -0.15) is 5.26 Å². The first-order chi connectivity index (χ1) is 9.69. The smallest absolute Gasteiger partial charge is 0.174 e. The fraction of sp³-hybridized carbons (Fsp3) is 0.267. The van der Waals surface area contributed by atoms with Crippen LogP contribution in [-0.4, -0.2) is 6.61 Å². The predicted molar refractivity (Wildman–Crippen MR) is 82.1 cm³/mol. The molecule has 0 spiro atoms. The summed E-state index contributed by atoms with van der Waals surface area (Å²) in [5, 5.41) is 11.9. The van der Waals surface area contributed by atoms with Gasteiger partial charge in [0.05, 0.1) is 4.34 Å². The third-order valence-electron chi connectivity index (χ3n) is 2.89. The van der Waals surface area contributed by atoms with E-state index in [1.165, 1.54) is 10.4 Å². The van der Waals surface area contributed by atoms with E-state index in [-0.39, 0.29) is 12.6 Å². The molecule has 0 radical (unpaired) electrons. The van der Waals surface area contributed by atoms with Gasteiger partial charge in [-0.05, 0) is 36.8 Å². The summed E-state index contributed by atoms with van der Waals surface area (Å²) in [6.45, 7) is 2.98. The number of hydrogen-bond acceptors (Lipinski definition) is 4. The quantitative estimate of drug-likeness (QED) is 0.871. The second kappa shape index (κ2) is 7.30. The molecule has 0 saturated carbocycles. The summed E-state index contributed by atoms with van der Waals surface area (Å²) in [5.41, 5.74) is 1.18. The molecule has 1 atom stereocenters. The Morgan fingerprint density at radius 1 is 1.30 bits per heavy atom. The molecule has 0 fully saturated rings. The average Bonchev–Trinajstić information content (AvgIpc) is 2.89. The number of hydrogen-bond donors (Lipinski definition) is 1. The summed E-state index contributed by atoms with van der Waals surface area (Å²) in [6.07, 6.45) is 0. The van der Waals surface area contributed by atoms with Crippen molar-refractivity contribution in [2.45, 2.75) is 19.5 Å². The van der Waals surface area contributed by atoms with Gasteiger partial charge in [-0.25, -0.2) is 0 Å². The third-order valence-corrected chi connectivity index (χ3v) is 4.13. The maximum absolute atomic E-state index is 8.46. The summed E-state index contributed by atoms with van der Waals surface area (Å²) < 4.78 is 6.04. The van der Waals surface area contributed by atoms with Gasteiger partial charge in [-0.3, -0.25) is 0 Å². The van der Waals surface area contributed by atoms with E-state index in [2.05, 4.69) is 12.2 Å². The summed E-state index contributed by atoms with van der Waals surface area (Å²) in [6, 6.07) is 13.9. The molecule has 1 heterocycles. The van der Waals surface area contributed by atoms with Crippen LogP contribution < -0.4 is 10.1 Å². The van der Waals surface area contributed by atoms with Gasteiger partial charge in [0.15, 0.2) is 6.61 Å². The van der Waals surface area contributed by atoms with Crippen LogP contribution in [0.25, 0.3) is 0 Å². The lowest BCUT2D eigenvalue weighted by Crippen LogP contribution is -2.17. The Balaban J connectivity index is 1.88. The molecule has 1 unspecified atom stereocenters. The van der Waals surface area contributed by atoms with E-state index in [1.807, 2.05) is 42.5 Å². The normalized spacial score (nSPS) is 11.8. The van der Waals surface area contributed by atoms with E-state index in [9.17, 15) is 0 Å². The van der Waals surface area contributed by atoms with Crippen molar-refractivity contribution in [3.8, 4) is 11.8 Å². The zero-order valence-electron chi connectivity index (χ0n) is 11.1. The Bertz CT molecular complexity index is 589. The van der Waals surface area contributed by atoms with Gasteiger partial charge >= 0.3 is 0 Å². The molecule has 0 aliphatic rings. The maximum atomic E-state index is 8.46. The van der Waals surface area contributed by atoms with E-state index in [4.69, 9.17) is 21.6 Å². The monoisotopic (exact) mass is 306 g/mol. The van der Waals surface area contributed by atoms with E-state index in [0.29, 0.717) is 5.75 Å². The van der Waals surface area contributed by atoms with Crippen molar-refractivity contribution in [1.29, 1.82) is 5.26 Å². The van der Waals surface area contributed by atoms with Crippen LogP contribution in [-0.2, 0) is 6.54 Å². The Morgan fingerprint density at radius 2 is 2.05 bits per heavy atom. The minimum atomic E-state index is 0.0757. The van der Waals surface area contributed by atoms with Crippen molar-refractivity contribution >= 4 is 22.9 Å². The van der Waals surface area contributed by atoms with Gasteiger partial charge in [0.25, 0.3) is 0 Å². The molecule has 1 aromatic carbocycles. The van der Waals surface area contributed by atoms with Gasteiger partial charge in [0.2, 0.25) is 0 Å². The van der Waals surface area contributed by atoms with Crippen LogP contribution >= 0.6 is 22.9 Å². The van der Waals surface area contributed by atoms with Crippen LogP contribution in [0.3, 0.4) is 0 Å². The summed E-state index contributed by atoms with van der Waals surface area (Å²) in [7, 11) is 0. The molecule has 0 amide bonds. The molecule has 0 bridgehead atoms. The first-order valence-corrected chi connectivity index (χ1v) is 7.46. The lowest BCUT2D eigenvalue weighted by Gasteiger charge is -2.14. The minimum Gasteiger partial charge on any atom is -0.479 e. The number of nitriles is 1. The molecule has 1 N–H and O–H groups in total. The number of benzene rings is 1. The molecule has 5 heteroatoms. The second-order valence-corrected chi connectivity index (χ2v) is 6.12. The first-order valence-electron chi connectivity index (χ1n) is 6.26. The molecule has 0 aliphatic carbocycles. The Kier molecular flexibility index (Phi) is 5.42. The van der Waals surface area contributed by atoms with Crippen molar-refractivity contribution in [2.75, 3.05) is 6.61 Å². The lowest BCUT2D eigenvalue weighted by atomic mass is 10.1. The second-order valence-electron chi connectivity index (χ2n) is 4.32. The molecule has 1 aromatic heterocycles. The summed E-state index contributed by atoms with van der Waals surface area (Å²) >= 11 is 7.49. The molecule has 2 rings (SSSR count). The molecule has 0 aliphatic heterocycles. The number of halogens is 1. The van der Waals surface area contributed by atoms with Crippen molar-refractivity contribution < 1.29 is 4.74 Å². The predicted octanol–water partition coefficient (Wildman–Crippen LogP) is 4.15. The molecule has 3 nitrogen and oxygen atoms in total. The Morgan fingerprint density at radius 3 is 2.65 bits per heavy atom. The lowest BCUT2D eigenvalue weighted by molar-refractivity contribution is 0.368. The van der Waals surface area contributed by atoms with Gasteiger partial charge in [-0.15, -0.1) is 11.3 Å². The molecule has 20 heavy (non-hydrogen) atoms. The van der Waals surface area contributed by atoms with Crippen molar-refractivity contribution in [3.05, 3.63) is 51.2 Å². The van der Waals surface area contributed by atoms with E-state index < -0.39 is 0 Å². The highest BCUT2D eigenvalue weighted by Crippen LogP contribution is 2.23. The summed E-state index contributed by atoms with van der Waals surface area (Å²) in [5.74, 6) is 0.715. The largest absolute Gasteiger partial charge is 0.479 e. The number of ether oxygens (including phenoxy) is 1. The highest BCUT2D eigenvalue weighted by Gasteiger charge is 2.06. The van der Waals surface area contributed by atoms with Crippen LogP contribution in [0.15, 0.2) is 36.4 Å². The highest BCUT2D eigenvalue weighted by atomic mass is 35.5. The van der Waals surface area contributed by atoms with E-state index in [1.54, 1.807) is 11.3 Å². The Hall–Kier alpha value is -1.54. The molecule has 2 aromatic rings. The fourth-order valence-corrected chi connectivity index (χ4v) is 2.83. The Labute approximate surface area is 127 Å². The van der Waals surface area contributed by atoms with Crippen molar-refractivity contribution in [3.63, 3.8) is 0 Å². The number of rotatable bonds is 6. The standard InChI is InChI=1S/C15H15ClN2OS/c1-11(18-10-14-6-7-15(16)20-14)12-2-4-13(5-3-12)19-9-8-17/h2-7,11,18H,9-10H2,1H3.